The molecule has 1 amide bonds. The molecule has 0 radical (unpaired) electrons. The van der Waals surface area contributed by atoms with Gasteiger partial charge in [-0.3, -0.25) is 4.79 Å². The number of carbonyl (C=O) groups excluding carboxylic acids is 1. The molecule has 10 heteroatoms. The molecule has 0 aliphatic heterocycles. The van der Waals surface area contributed by atoms with Gasteiger partial charge in [0.1, 0.15) is 5.54 Å². The number of rotatable bonds is 7. The molecular weight excluding hydrogens is 421 g/mol. The Morgan fingerprint density at radius 3 is 2.53 bits per heavy atom. The summed E-state index contributed by atoms with van der Waals surface area (Å²) in [5, 5.41) is 10.7. The summed E-state index contributed by atoms with van der Waals surface area (Å²) in [6, 6.07) is 6.11. The van der Waals surface area contributed by atoms with Gasteiger partial charge in [0.2, 0.25) is 5.91 Å². The fourth-order valence-corrected chi connectivity index (χ4v) is 5.81. The monoisotopic (exact) mass is 444 g/mol. The summed E-state index contributed by atoms with van der Waals surface area (Å²) < 4.78 is 72.0. The molecule has 1 aromatic carbocycles. The first-order valence-electron chi connectivity index (χ1n) is 9.79. The SMILES string of the molecule is CCCOC1CC(S(=O)(=O)c2ccccc2C(F)(F)F)CC1C(=O)NC1(C#N)CC1. The Bertz CT molecular complexity index is 952. The Labute approximate surface area is 173 Å². The van der Waals surface area contributed by atoms with Crippen molar-refractivity contribution >= 4 is 15.7 Å². The maximum absolute atomic E-state index is 13.4. The summed E-state index contributed by atoms with van der Waals surface area (Å²) in [7, 11) is -4.36. The summed E-state index contributed by atoms with van der Waals surface area (Å²) in [5.74, 6) is -1.34. The molecular formula is C20H23F3N2O4S. The van der Waals surface area contributed by atoms with Crippen molar-refractivity contribution in [1.29, 1.82) is 5.26 Å². The molecule has 0 saturated heterocycles. The number of benzene rings is 1. The van der Waals surface area contributed by atoms with Gasteiger partial charge in [-0.2, -0.15) is 18.4 Å². The maximum atomic E-state index is 13.4. The predicted octanol–water partition coefficient (Wildman–Crippen LogP) is 3.23. The molecule has 3 unspecified atom stereocenters. The molecule has 2 fully saturated rings. The zero-order chi connectivity index (χ0) is 22.2. The molecule has 0 spiro atoms. The van der Waals surface area contributed by atoms with Crippen LogP contribution in [0.3, 0.4) is 0 Å². The number of alkyl halides is 3. The van der Waals surface area contributed by atoms with E-state index in [1.54, 1.807) is 0 Å². The Morgan fingerprint density at radius 1 is 1.30 bits per heavy atom. The van der Waals surface area contributed by atoms with Crippen LogP contribution in [-0.4, -0.2) is 37.8 Å². The first-order chi connectivity index (χ1) is 14.0. The lowest BCUT2D eigenvalue weighted by Gasteiger charge is -2.20. The molecule has 30 heavy (non-hydrogen) atoms. The zero-order valence-electron chi connectivity index (χ0n) is 16.4. The number of nitriles is 1. The maximum Gasteiger partial charge on any atom is 0.417 e. The van der Waals surface area contributed by atoms with Crippen LogP contribution in [0.5, 0.6) is 0 Å². The van der Waals surface area contributed by atoms with Gasteiger partial charge in [-0.25, -0.2) is 8.42 Å². The van der Waals surface area contributed by atoms with Crippen LogP contribution in [0.2, 0.25) is 0 Å². The van der Waals surface area contributed by atoms with Crippen molar-refractivity contribution in [3.63, 3.8) is 0 Å². The van der Waals surface area contributed by atoms with Crippen LogP contribution < -0.4 is 5.32 Å². The van der Waals surface area contributed by atoms with Crippen molar-refractivity contribution in [2.75, 3.05) is 6.61 Å². The van der Waals surface area contributed by atoms with E-state index in [2.05, 4.69) is 5.32 Å². The Hall–Kier alpha value is -2.12. The quantitative estimate of drug-likeness (QED) is 0.697. The van der Waals surface area contributed by atoms with Crippen LogP contribution >= 0.6 is 0 Å². The van der Waals surface area contributed by atoms with Crippen molar-refractivity contribution in [2.45, 2.75) is 67.0 Å². The Kier molecular flexibility index (Phi) is 6.16. The van der Waals surface area contributed by atoms with E-state index >= 15 is 0 Å². The van der Waals surface area contributed by atoms with Crippen LogP contribution in [0.4, 0.5) is 13.2 Å². The zero-order valence-corrected chi connectivity index (χ0v) is 17.2. The van der Waals surface area contributed by atoms with Gasteiger partial charge in [0, 0.05) is 6.61 Å². The van der Waals surface area contributed by atoms with Gasteiger partial charge in [-0.1, -0.05) is 19.1 Å². The standard InChI is InChI=1S/C20H23F3N2O4S/c1-2-9-29-16-11-13(10-14(16)18(26)25-19(12-24)7-8-19)30(27,28)17-6-4-3-5-15(17)20(21,22)23/h3-6,13-14,16H,2,7-11H2,1H3,(H,25,26). The highest BCUT2D eigenvalue weighted by atomic mass is 32.2. The second kappa shape index (κ2) is 8.19. The molecule has 1 aromatic rings. The second-order valence-electron chi connectivity index (χ2n) is 7.83. The summed E-state index contributed by atoms with van der Waals surface area (Å²) in [5.41, 5.74) is -2.14. The third-order valence-corrected chi connectivity index (χ3v) is 7.83. The number of hydrogen-bond donors (Lipinski definition) is 1. The molecule has 2 aliphatic rings. The average Bonchev–Trinajstić information content (AvgIpc) is 3.33. The third-order valence-electron chi connectivity index (χ3n) is 5.60. The fourth-order valence-electron chi connectivity index (χ4n) is 3.78. The van der Waals surface area contributed by atoms with E-state index in [1.807, 2.05) is 13.0 Å². The van der Waals surface area contributed by atoms with Crippen LogP contribution in [-0.2, 0) is 25.5 Å². The first-order valence-corrected chi connectivity index (χ1v) is 11.3. The van der Waals surface area contributed by atoms with Crippen LogP contribution in [0.1, 0.15) is 44.6 Å². The number of ether oxygens (including phenoxy) is 1. The minimum atomic E-state index is -4.82. The Balaban J connectivity index is 1.88. The minimum Gasteiger partial charge on any atom is -0.377 e. The lowest BCUT2D eigenvalue weighted by atomic mass is 10.0. The minimum absolute atomic E-state index is 0.0772. The molecule has 6 nitrogen and oxygen atoms in total. The highest BCUT2D eigenvalue weighted by Crippen LogP contribution is 2.41. The van der Waals surface area contributed by atoms with Crippen molar-refractivity contribution in [3.8, 4) is 6.07 Å². The number of amides is 1. The van der Waals surface area contributed by atoms with E-state index in [0.29, 0.717) is 25.9 Å². The lowest BCUT2D eigenvalue weighted by molar-refractivity contribution is -0.140. The summed E-state index contributed by atoms with van der Waals surface area (Å²) in [6.45, 7) is 2.15. The number of carbonyl (C=O) groups is 1. The summed E-state index contributed by atoms with van der Waals surface area (Å²) in [4.78, 5) is 12.0. The highest BCUT2D eigenvalue weighted by molar-refractivity contribution is 7.92. The summed E-state index contributed by atoms with van der Waals surface area (Å²) >= 11 is 0. The third kappa shape index (κ3) is 4.47. The molecule has 2 saturated carbocycles. The molecule has 3 atom stereocenters. The van der Waals surface area contributed by atoms with E-state index < -0.39 is 55.2 Å². The smallest absolute Gasteiger partial charge is 0.377 e. The van der Waals surface area contributed by atoms with E-state index in [0.717, 1.165) is 18.2 Å². The van der Waals surface area contributed by atoms with Gasteiger partial charge < -0.3 is 10.1 Å². The van der Waals surface area contributed by atoms with Crippen LogP contribution in [0.15, 0.2) is 29.2 Å². The second-order valence-corrected chi connectivity index (χ2v) is 10.0. The lowest BCUT2D eigenvalue weighted by Crippen LogP contribution is -2.42. The fraction of sp³-hybridized carbons (Fsp3) is 0.600. The largest absolute Gasteiger partial charge is 0.417 e. The van der Waals surface area contributed by atoms with E-state index in [1.165, 1.54) is 6.07 Å². The molecule has 164 valence electrons. The van der Waals surface area contributed by atoms with Crippen molar-refractivity contribution in [1.82, 2.24) is 5.32 Å². The summed E-state index contributed by atoms with van der Waals surface area (Å²) in [6.07, 6.45) is -4.12. The predicted molar refractivity (Wildman–Crippen MR) is 101 cm³/mol. The molecule has 0 heterocycles. The molecule has 1 N–H and O–H groups in total. The van der Waals surface area contributed by atoms with Crippen LogP contribution in [0, 0.1) is 17.2 Å². The number of nitrogens with one attached hydrogen (secondary N) is 1. The highest BCUT2D eigenvalue weighted by Gasteiger charge is 2.51. The molecule has 3 rings (SSSR count). The average molecular weight is 444 g/mol. The molecule has 0 aromatic heterocycles. The van der Waals surface area contributed by atoms with Gasteiger partial charge in [-0.15, -0.1) is 0 Å². The molecule has 0 bridgehead atoms. The van der Waals surface area contributed by atoms with Gasteiger partial charge in [-0.05, 0) is 44.2 Å². The topological polar surface area (TPSA) is 96.3 Å². The number of sulfone groups is 1. The number of halogens is 3. The molecule has 2 aliphatic carbocycles. The van der Waals surface area contributed by atoms with Crippen molar-refractivity contribution < 1.29 is 31.1 Å². The number of hydrogen-bond acceptors (Lipinski definition) is 5. The van der Waals surface area contributed by atoms with Gasteiger partial charge >= 0.3 is 6.18 Å². The van der Waals surface area contributed by atoms with Gasteiger partial charge in [0.15, 0.2) is 9.84 Å². The Morgan fingerprint density at radius 2 is 1.97 bits per heavy atom. The van der Waals surface area contributed by atoms with Gasteiger partial charge in [0.25, 0.3) is 0 Å². The van der Waals surface area contributed by atoms with E-state index in [4.69, 9.17) is 4.74 Å². The normalized spacial score (nSPS) is 25.5. The van der Waals surface area contributed by atoms with Crippen molar-refractivity contribution in [3.05, 3.63) is 29.8 Å². The van der Waals surface area contributed by atoms with E-state index in [9.17, 15) is 31.6 Å². The van der Waals surface area contributed by atoms with E-state index in [-0.39, 0.29) is 12.8 Å². The first kappa shape index (κ1) is 22.6. The van der Waals surface area contributed by atoms with Gasteiger partial charge in [0.05, 0.1) is 33.8 Å². The number of nitrogens with zero attached hydrogens (tertiary/aromatic N) is 1. The van der Waals surface area contributed by atoms with Crippen LogP contribution in [0.25, 0.3) is 0 Å². The van der Waals surface area contributed by atoms with Crippen molar-refractivity contribution in [2.24, 2.45) is 5.92 Å².